The highest BCUT2D eigenvalue weighted by atomic mass is 28.4. The normalized spacial score (nSPS) is 27.6. The highest BCUT2D eigenvalue weighted by molar-refractivity contribution is 6.77. The number of aliphatic hydroxyl groups is 1. The molecule has 0 saturated heterocycles. The van der Waals surface area contributed by atoms with Crippen molar-refractivity contribution >= 4 is 8.32 Å². The van der Waals surface area contributed by atoms with Crippen LogP contribution in [0.15, 0.2) is 12.2 Å². The molecule has 1 saturated carbocycles. The molecule has 0 unspecified atom stereocenters. The molecule has 1 aliphatic carbocycles. The first-order valence-corrected chi connectivity index (χ1v) is 13.5. The van der Waals surface area contributed by atoms with Crippen LogP contribution >= 0.6 is 0 Å². The summed E-state index contributed by atoms with van der Waals surface area (Å²) in [5.74, 6) is 0.321. The van der Waals surface area contributed by atoms with Gasteiger partial charge < -0.3 is 14.3 Å². The summed E-state index contributed by atoms with van der Waals surface area (Å²) in [6, 6.07) is 0. The number of rotatable bonds is 10. The highest BCUT2D eigenvalue weighted by Gasteiger charge is 2.56. The van der Waals surface area contributed by atoms with Gasteiger partial charge in [-0.1, -0.05) is 67.5 Å². The summed E-state index contributed by atoms with van der Waals surface area (Å²) in [5.41, 5.74) is 2.79. The fourth-order valence-electron chi connectivity index (χ4n) is 5.73. The Labute approximate surface area is 176 Å². The van der Waals surface area contributed by atoms with Gasteiger partial charge in [-0.05, 0) is 50.2 Å². The summed E-state index contributed by atoms with van der Waals surface area (Å²) < 4.78 is 13.8. The molecule has 166 valence electrons. The van der Waals surface area contributed by atoms with Crippen molar-refractivity contribution in [2.24, 2.45) is 11.3 Å². The monoisotopic (exact) mass is 412 g/mol. The van der Waals surface area contributed by atoms with Gasteiger partial charge in [0.1, 0.15) is 0 Å². The van der Waals surface area contributed by atoms with Gasteiger partial charge in [0.2, 0.25) is 8.32 Å². The lowest BCUT2D eigenvalue weighted by atomic mass is 9.84. The largest absolute Gasteiger partial charge is 0.412 e. The van der Waals surface area contributed by atoms with E-state index in [2.05, 4.69) is 75.8 Å². The lowest BCUT2D eigenvalue weighted by Crippen LogP contribution is -2.54. The van der Waals surface area contributed by atoms with Crippen LogP contribution in [0.3, 0.4) is 0 Å². The quantitative estimate of drug-likeness (QED) is 0.320. The van der Waals surface area contributed by atoms with Crippen molar-refractivity contribution in [1.29, 1.82) is 0 Å². The maximum absolute atomic E-state index is 9.74. The van der Waals surface area contributed by atoms with E-state index >= 15 is 0 Å². The third-order valence-corrected chi connectivity index (χ3v) is 13.2. The molecular weight excluding hydrogens is 364 g/mol. The van der Waals surface area contributed by atoms with Gasteiger partial charge in [0.15, 0.2) is 0 Å². The maximum atomic E-state index is 9.74. The van der Waals surface area contributed by atoms with Crippen molar-refractivity contribution in [1.82, 2.24) is 0 Å². The molecule has 1 fully saturated rings. The molecule has 1 aliphatic rings. The van der Waals surface area contributed by atoms with Crippen molar-refractivity contribution in [2.75, 3.05) is 0 Å². The van der Waals surface area contributed by atoms with Crippen LogP contribution in [-0.2, 0) is 9.16 Å². The number of hydrogen-bond donors (Lipinski definition) is 1. The van der Waals surface area contributed by atoms with E-state index in [-0.39, 0.29) is 29.8 Å². The molecule has 0 heterocycles. The molecule has 0 aromatic rings. The topological polar surface area (TPSA) is 38.7 Å². The molecule has 4 heteroatoms. The Kier molecular flexibility index (Phi) is 9.02. The molecule has 0 spiro atoms. The summed E-state index contributed by atoms with van der Waals surface area (Å²) >= 11 is 0. The summed E-state index contributed by atoms with van der Waals surface area (Å²) in [6.07, 6.45) is 1.57. The first-order valence-electron chi connectivity index (χ1n) is 11.3. The van der Waals surface area contributed by atoms with Crippen LogP contribution in [-0.4, -0.2) is 37.8 Å². The zero-order chi connectivity index (χ0) is 22.0. The predicted octanol–water partition coefficient (Wildman–Crippen LogP) is 6.71. The molecule has 0 amide bonds. The van der Waals surface area contributed by atoms with Gasteiger partial charge in [-0.15, -0.1) is 0 Å². The smallest absolute Gasteiger partial charge is 0.200 e. The minimum absolute atomic E-state index is 0.0381. The third kappa shape index (κ3) is 5.30. The van der Waals surface area contributed by atoms with Gasteiger partial charge in [0, 0.05) is 11.3 Å². The Morgan fingerprint density at radius 3 is 1.86 bits per heavy atom. The molecule has 3 nitrogen and oxygen atoms in total. The molecule has 1 rings (SSSR count). The maximum Gasteiger partial charge on any atom is 0.200 e. The molecule has 5 atom stereocenters. The zero-order valence-corrected chi connectivity index (χ0v) is 21.5. The van der Waals surface area contributed by atoms with Crippen molar-refractivity contribution in [3.8, 4) is 0 Å². The lowest BCUT2D eigenvalue weighted by Gasteiger charge is -2.48. The summed E-state index contributed by atoms with van der Waals surface area (Å²) in [5, 5.41) is 9.74. The summed E-state index contributed by atoms with van der Waals surface area (Å²) in [7, 11) is -2.00. The number of aliphatic hydroxyl groups excluding tert-OH is 1. The summed E-state index contributed by atoms with van der Waals surface area (Å²) in [4.78, 5) is 0. The highest BCUT2D eigenvalue weighted by Crippen LogP contribution is 2.53. The van der Waals surface area contributed by atoms with Crippen molar-refractivity contribution in [3.05, 3.63) is 12.2 Å². The second kappa shape index (κ2) is 9.76. The van der Waals surface area contributed by atoms with Crippen LogP contribution in [0.25, 0.3) is 0 Å². The molecule has 1 N–H and O–H groups in total. The van der Waals surface area contributed by atoms with Crippen LogP contribution in [0.1, 0.15) is 89.0 Å². The first-order chi connectivity index (χ1) is 12.7. The van der Waals surface area contributed by atoms with E-state index in [0.717, 1.165) is 6.42 Å². The van der Waals surface area contributed by atoms with E-state index in [1.54, 1.807) is 0 Å². The Hall–Kier alpha value is -0.163. The lowest BCUT2D eigenvalue weighted by molar-refractivity contribution is -0.0832. The second-order valence-electron chi connectivity index (χ2n) is 10.9. The molecule has 0 bridgehead atoms. The van der Waals surface area contributed by atoms with Crippen LogP contribution in [0.2, 0.25) is 16.6 Å². The molecule has 0 aliphatic heterocycles. The molecule has 0 aromatic carbocycles. The zero-order valence-electron chi connectivity index (χ0n) is 20.5. The fourth-order valence-corrected chi connectivity index (χ4v) is 11.5. The van der Waals surface area contributed by atoms with Crippen LogP contribution in [0, 0.1) is 11.3 Å². The predicted molar refractivity (Wildman–Crippen MR) is 123 cm³/mol. The van der Waals surface area contributed by atoms with Gasteiger partial charge in [-0.3, -0.25) is 0 Å². The number of ether oxygens (including phenoxy) is 1. The average Bonchev–Trinajstić information content (AvgIpc) is 2.74. The van der Waals surface area contributed by atoms with E-state index in [1.807, 2.05) is 6.92 Å². The van der Waals surface area contributed by atoms with Crippen LogP contribution in [0.4, 0.5) is 0 Å². The van der Waals surface area contributed by atoms with Crippen molar-refractivity contribution in [2.45, 2.75) is 130 Å². The Balaban J connectivity index is 3.24. The van der Waals surface area contributed by atoms with Gasteiger partial charge in [-0.2, -0.15) is 0 Å². The SMILES string of the molecule is C=C(C)[C@@H]1C[C@H](O[C@H](C)C[C@H](C)O)C(C)(C)[C@H]1O[Si](C(C)C)(C(C)C)C(C)C. The van der Waals surface area contributed by atoms with E-state index in [1.165, 1.54) is 5.57 Å². The number of hydrogen-bond acceptors (Lipinski definition) is 3. The van der Waals surface area contributed by atoms with E-state index < -0.39 is 8.32 Å². The fraction of sp³-hybridized carbons (Fsp3) is 0.917. The Morgan fingerprint density at radius 1 is 1.04 bits per heavy atom. The molecule has 0 aromatic heterocycles. The van der Waals surface area contributed by atoms with Gasteiger partial charge >= 0.3 is 0 Å². The van der Waals surface area contributed by atoms with Crippen molar-refractivity contribution in [3.63, 3.8) is 0 Å². The van der Waals surface area contributed by atoms with Gasteiger partial charge in [-0.25, -0.2) is 0 Å². The van der Waals surface area contributed by atoms with Gasteiger partial charge in [0.05, 0.1) is 24.4 Å². The van der Waals surface area contributed by atoms with Gasteiger partial charge in [0.25, 0.3) is 0 Å². The molecular formula is C24H48O3Si. The van der Waals surface area contributed by atoms with E-state index in [9.17, 15) is 5.11 Å². The minimum atomic E-state index is -2.00. The first kappa shape index (κ1) is 25.9. The standard InChI is InChI=1S/C24H48O3Si/c1-15(2)21-14-22(26-20(10)13-19(9)25)24(11,12)23(21)27-28(16(3)4,17(5)6)18(7)8/h16-23,25H,1,13-14H2,2-12H3/t19-,20+,21-,22-,23-/m0/s1. The Morgan fingerprint density at radius 2 is 1.50 bits per heavy atom. The Bertz CT molecular complexity index is 488. The van der Waals surface area contributed by atoms with Crippen molar-refractivity contribution < 1.29 is 14.3 Å². The van der Waals surface area contributed by atoms with Crippen LogP contribution < -0.4 is 0 Å². The minimum Gasteiger partial charge on any atom is -0.412 e. The average molecular weight is 413 g/mol. The van der Waals surface area contributed by atoms with Crippen LogP contribution in [0.5, 0.6) is 0 Å². The second-order valence-corrected chi connectivity index (χ2v) is 16.3. The van der Waals surface area contributed by atoms with E-state index in [4.69, 9.17) is 9.16 Å². The summed E-state index contributed by atoms with van der Waals surface area (Å²) in [6.45, 7) is 29.1. The van der Waals surface area contributed by atoms with E-state index in [0.29, 0.717) is 29.0 Å². The third-order valence-electron chi connectivity index (χ3n) is 7.14. The molecule has 0 radical (unpaired) electrons. The molecule has 28 heavy (non-hydrogen) atoms.